The minimum atomic E-state index is -0.0250. The molecule has 0 atom stereocenters. The Kier molecular flexibility index (Phi) is 5.36. The van der Waals surface area contributed by atoms with E-state index in [0.29, 0.717) is 0 Å². The zero-order chi connectivity index (χ0) is 28.3. The Hall–Kier alpha value is -5.46. The summed E-state index contributed by atoms with van der Waals surface area (Å²) in [7, 11) is 0. The fraction of sp³-hybridized carbons (Fsp3) is 0.0233. The van der Waals surface area contributed by atoms with Gasteiger partial charge in [-0.25, -0.2) is 0 Å². The lowest BCUT2D eigenvalue weighted by Crippen LogP contribution is -2.09. The van der Waals surface area contributed by atoms with E-state index in [0.717, 1.165) is 0 Å². The van der Waals surface area contributed by atoms with Gasteiger partial charge in [-0.2, -0.15) is 0 Å². The molecule has 0 aliphatic rings. The van der Waals surface area contributed by atoms with Gasteiger partial charge < -0.3 is 0 Å². The van der Waals surface area contributed by atoms with Crippen molar-refractivity contribution in [2.45, 2.75) is 5.92 Å². The number of hydrogen-bond acceptors (Lipinski definition) is 0. The van der Waals surface area contributed by atoms with E-state index in [9.17, 15) is 0 Å². The van der Waals surface area contributed by atoms with Crippen molar-refractivity contribution >= 4 is 64.6 Å². The molecule has 200 valence electrons. The average Bonchev–Trinajstić information content (AvgIpc) is 3.07. The van der Waals surface area contributed by atoms with Crippen LogP contribution in [0.25, 0.3) is 64.6 Å². The summed E-state index contributed by atoms with van der Waals surface area (Å²) in [5, 5.41) is 15.5. The molecule has 0 aliphatic heterocycles. The highest BCUT2D eigenvalue weighted by Gasteiger charge is 2.28. The fourth-order valence-corrected chi connectivity index (χ4v) is 7.51. The summed E-state index contributed by atoms with van der Waals surface area (Å²) in [6.07, 6.45) is 0. The lowest BCUT2D eigenvalue weighted by molar-refractivity contribution is 1.05. The maximum atomic E-state index is 2.35. The van der Waals surface area contributed by atoms with Gasteiger partial charge in [0, 0.05) is 5.92 Å². The minimum absolute atomic E-state index is 0.0250. The third-order valence-electron chi connectivity index (χ3n) is 9.30. The predicted molar refractivity (Wildman–Crippen MR) is 185 cm³/mol. The Balaban J connectivity index is 1.60. The molecule has 0 N–H and O–H groups in total. The molecule has 0 unspecified atom stereocenters. The van der Waals surface area contributed by atoms with Crippen molar-refractivity contribution < 1.29 is 0 Å². The van der Waals surface area contributed by atoms with Gasteiger partial charge in [-0.05, 0) is 99.5 Å². The summed E-state index contributed by atoms with van der Waals surface area (Å²) in [6, 6.07) is 60.8. The van der Waals surface area contributed by atoms with Crippen LogP contribution < -0.4 is 0 Å². The van der Waals surface area contributed by atoms with E-state index in [-0.39, 0.29) is 5.92 Å². The molecule has 0 radical (unpaired) electrons. The first-order chi connectivity index (χ1) is 21.3. The third kappa shape index (κ3) is 3.70. The van der Waals surface area contributed by atoms with Gasteiger partial charge in [0.1, 0.15) is 0 Å². The maximum absolute atomic E-state index is 2.35. The van der Waals surface area contributed by atoms with Crippen molar-refractivity contribution in [3.63, 3.8) is 0 Å². The first-order valence-corrected chi connectivity index (χ1v) is 15.1. The van der Waals surface area contributed by atoms with Crippen LogP contribution in [0.15, 0.2) is 164 Å². The first kappa shape index (κ1) is 24.2. The summed E-state index contributed by atoms with van der Waals surface area (Å²) < 4.78 is 0. The van der Waals surface area contributed by atoms with Crippen molar-refractivity contribution in [2.24, 2.45) is 0 Å². The first-order valence-electron chi connectivity index (χ1n) is 15.1. The number of hydrogen-bond donors (Lipinski definition) is 0. The zero-order valence-electron chi connectivity index (χ0n) is 23.7. The monoisotopic (exact) mass is 544 g/mol. The Morgan fingerprint density at radius 2 is 0.419 bits per heavy atom. The molecule has 0 spiro atoms. The van der Waals surface area contributed by atoms with Crippen LogP contribution in [0.4, 0.5) is 0 Å². The zero-order valence-corrected chi connectivity index (χ0v) is 23.7. The summed E-state index contributed by atoms with van der Waals surface area (Å²) in [5.74, 6) is -0.0250. The molecule has 0 saturated carbocycles. The number of rotatable bonds is 3. The maximum Gasteiger partial charge on any atom is 0.0376 e. The molecule has 9 aromatic rings. The van der Waals surface area contributed by atoms with Crippen LogP contribution in [0.3, 0.4) is 0 Å². The number of fused-ring (bicyclic) bond motifs is 6. The van der Waals surface area contributed by atoms with Crippen LogP contribution in [0.1, 0.15) is 22.6 Å². The Morgan fingerprint density at radius 1 is 0.233 bits per heavy atom. The van der Waals surface area contributed by atoms with Crippen molar-refractivity contribution in [3.8, 4) is 0 Å². The molecular weight excluding hydrogens is 516 g/mol. The second kappa shape index (κ2) is 9.54. The van der Waals surface area contributed by atoms with Crippen LogP contribution in [0.5, 0.6) is 0 Å². The van der Waals surface area contributed by atoms with E-state index in [2.05, 4.69) is 164 Å². The Morgan fingerprint density at radius 3 is 0.628 bits per heavy atom. The third-order valence-corrected chi connectivity index (χ3v) is 9.30. The highest BCUT2D eigenvalue weighted by molar-refractivity contribution is 6.11. The van der Waals surface area contributed by atoms with Gasteiger partial charge in [0.2, 0.25) is 0 Å². The van der Waals surface area contributed by atoms with E-state index in [1.54, 1.807) is 0 Å². The van der Waals surface area contributed by atoms with Crippen LogP contribution in [0, 0.1) is 0 Å². The van der Waals surface area contributed by atoms with Crippen LogP contribution >= 0.6 is 0 Å². The van der Waals surface area contributed by atoms with Gasteiger partial charge in [0.15, 0.2) is 0 Å². The summed E-state index contributed by atoms with van der Waals surface area (Å²) in [6.45, 7) is 0. The highest BCUT2D eigenvalue weighted by atomic mass is 14.3. The Labute approximate surface area is 250 Å². The second-order valence-electron chi connectivity index (χ2n) is 11.6. The van der Waals surface area contributed by atoms with Gasteiger partial charge in [-0.15, -0.1) is 0 Å². The molecule has 0 fully saturated rings. The lowest BCUT2D eigenvalue weighted by Gasteiger charge is -2.28. The van der Waals surface area contributed by atoms with Gasteiger partial charge in [0.05, 0.1) is 0 Å². The van der Waals surface area contributed by atoms with Gasteiger partial charge in [-0.1, -0.05) is 146 Å². The largest absolute Gasteiger partial charge is 0.0616 e. The van der Waals surface area contributed by atoms with E-state index < -0.39 is 0 Å². The molecule has 9 aromatic carbocycles. The van der Waals surface area contributed by atoms with Crippen molar-refractivity contribution in [1.82, 2.24) is 0 Å². The molecule has 0 bridgehead atoms. The van der Waals surface area contributed by atoms with Gasteiger partial charge in [-0.3, -0.25) is 0 Å². The molecule has 9 rings (SSSR count). The van der Waals surface area contributed by atoms with E-state index >= 15 is 0 Å². The van der Waals surface area contributed by atoms with Crippen molar-refractivity contribution in [3.05, 3.63) is 180 Å². The van der Waals surface area contributed by atoms with E-state index in [4.69, 9.17) is 0 Å². The fourth-order valence-electron chi connectivity index (χ4n) is 7.51. The topological polar surface area (TPSA) is 0 Å². The molecule has 0 aromatic heterocycles. The van der Waals surface area contributed by atoms with Crippen LogP contribution in [-0.2, 0) is 0 Å². The predicted octanol–water partition coefficient (Wildman–Crippen LogP) is 11.8. The molecule has 0 amide bonds. The standard InChI is InChI=1S/C43H28/c1-7-19-34-28(13-1)25-29-14-2-8-20-35(29)40(34)43(41-36-21-9-3-15-30(36)26-31-16-4-10-22-37(31)41)42-38-23-11-5-17-32(38)27-33-18-6-12-24-39(33)42/h1-27,43H. The lowest BCUT2D eigenvalue weighted by atomic mass is 9.74. The summed E-state index contributed by atoms with van der Waals surface area (Å²) in [5.41, 5.74) is 4.12. The Bertz CT molecular complexity index is 2070. The SMILES string of the molecule is c1ccc2c(C(c3c4ccccc4cc4ccccc34)c3c4ccccc4cc4ccccc34)c3ccccc3cc2c1. The van der Waals surface area contributed by atoms with Crippen LogP contribution in [-0.4, -0.2) is 0 Å². The second-order valence-corrected chi connectivity index (χ2v) is 11.6. The molecule has 0 heterocycles. The van der Waals surface area contributed by atoms with Gasteiger partial charge in [0.25, 0.3) is 0 Å². The molecule has 0 saturated heterocycles. The van der Waals surface area contributed by atoms with Crippen molar-refractivity contribution in [1.29, 1.82) is 0 Å². The molecular formula is C43H28. The molecule has 43 heavy (non-hydrogen) atoms. The quantitative estimate of drug-likeness (QED) is 0.153. The normalized spacial score (nSPS) is 11.9. The molecule has 0 heteroatoms. The van der Waals surface area contributed by atoms with E-state index in [1.807, 2.05) is 0 Å². The van der Waals surface area contributed by atoms with E-state index in [1.165, 1.54) is 81.3 Å². The molecule has 0 aliphatic carbocycles. The van der Waals surface area contributed by atoms with Gasteiger partial charge >= 0.3 is 0 Å². The summed E-state index contributed by atoms with van der Waals surface area (Å²) >= 11 is 0. The number of benzene rings is 9. The minimum Gasteiger partial charge on any atom is -0.0616 e. The summed E-state index contributed by atoms with van der Waals surface area (Å²) in [4.78, 5) is 0. The molecule has 0 nitrogen and oxygen atoms in total. The van der Waals surface area contributed by atoms with Crippen LogP contribution in [0.2, 0.25) is 0 Å². The van der Waals surface area contributed by atoms with Crippen molar-refractivity contribution in [2.75, 3.05) is 0 Å². The average molecular weight is 545 g/mol. The smallest absolute Gasteiger partial charge is 0.0376 e. The highest BCUT2D eigenvalue weighted by Crippen LogP contribution is 2.49.